The van der Waals surface area contributed by atoms with Gasteiger partial charge in [-0.25, -0.2) is 14.4 Å². The molecule has 0 saturated carbocycles. The molecular formula is C22H31N3O9. The highest BCUT2D eigenvalue weighted by molar-refractivity contribution is 5.89. The fourth-order valence-electron chi connectivity index (χ4n) is 2.99. The first-order valence-corrected chi connectivity index (χ1v) is 10.5. The summed E-state index contributed by atoms with van der Waals surface area (Å²) in [6.45, 7) is 7.06. The van der Waals surface area contributed by atoms with Gasteiger partial charge >= 0.3 is 23.9 Å². The highest BCUT2D eigenvalue weighted by Crippen LogP contribution is 2.24. The molecule has 0 amide bonds. The molecule has 0 aromatic carbocycles. The third-order valence-corrected chi connectivity index (χ3v) is 4.63. The number of rotatable bonds is 10. The van der Waals surface area contributed by atoms with Crippen LogP contribution in [0.3, 0.4) is 0 Å². The van der Waals surface area contributed by atoms with Gasteiger partial charge in [0.15, 0.2) is 0 Å². The van der Waals surface area contributed by atoms with Crippen LogP contribution in [0.25, 0.3) is 0 Å². The van der Waals surface area contributed by atoms with Crippen molar-refractivity contribution in [2.75, 3.05) is 27.4 Å². The SMILES string of the molecule is CCCOC(C(C(=O)OCC)[N+](=O)[O-])n1ccc(C)c1C(=O)OC.COC(=O)c1[nH]ccc1C. The number of aryl methyl sites for hydroxylation is 2. The monoisotopic (exact) mass is 481 g/mol. The van der Waals surface area contributed by atoms with Crippen LogP contribution in [-0.4, -0.2) is 65.9 Å². The fraction of sp³-hybridized carbons (Fsp3) is 0.500. The molecule has 12 nitrogen and oxygen atoms in total. The van der Waals surface area contributed by atoms with Crippen LogP contribution in [0.5, 0.6) is 0 Å². The lowest BCUT2D eigenvalue weighted by molar-refractivity contribution is -0.529. The van der Waals surface area contributed by atoms with Crippen LogP contribution in [0.2, 0.25) is 0 Å². The number of carbonyl (C=O) groups is 3. The summed E-state index contributed by atoms with van der Waals surface area (Å²) < 4.78 is 20.8. The Balaban J connectivity index is 0.000000479. The van der Waals surface area contributed by atoms with Gasteiger partial charge in [0.1, 0.15) is 11.4 Å². The number of nitro groups is 1. The summed E-state index contributed by atoms with van der Waals surface area (Å²) in [5.74, 6) is -2.01. The third kappa shape index (κ3) is 7.17. The first-order chi connectivity index (χ1) is 16.1. The summed E-state index contributed by atoms with van der Waals surface area (Å²) >= 11 is 0. The number of hydrogen-bond donors (Lipinski definition) is 1. The van der Waals surface area contributed by atoms with Crippen LogP contribution in [-0.2, 0) is 23.7 Å². The molecular weight excluding hydrogens is 450 g/mol. The summed E-state index contributed by atoms with van der Waals surface area (Å²) in [7, 11) is 2.57. The van der Waals surface area contributed by atoms with Crippen LogP contribution >= 0.6 is 0 Å². The molecule has 34 heavy (non-hydrogen) atoms. The van der Waals surface area contributed by atoms with Crippen molar-refractivity contribution in [2.24, 2.45) is 0 Å². The quantitative estimate of drug-likeness (QED) is 0.234. The fourth-order valence-corrected chi connectivity index (χ4v) is 2.99. The van der Waals surface area contributed by atoms with Crippen LogP contribution in [0.15, 0.2) is 24.5 Å². The van der Waals surface area contributed by atoms with Crippen molar-refractivity contribution >= 4 is 17.9 Å². The summed E-state index contributed by atoms with van der Waals surface area (Å²) in [5, 5.41) is 11.4. The molecule has 0 aliphatic carbocycles. The number of methoxy groups -OCH3 is 2. The lowest BCUT2D eigenvalue weighted by atomic mass is 10.2. The number of H-pyrrole nitrogens is 1. The van der Waals surface area contributed by atoms with Gasteiger partial charge in [-0.05, 0) is 50.5 Å². The van der Waals surface area contributed by atoms with Crippen LogP contribution in [0, 0.1) is 24.0 Å². The van der Waals surface area contributed by atoms with Gasteiger partial charge in [0.05, 0.1) is 20.8 Å². The molecule has 2 aromatic rings. The zero-order valence-electron chi connectivity index (χ0n) is 20.2. The predicted molar refractivity (Wildman–Crippen MR) is 120 cm³/mol. The van der Waals surface area contributed by atoms with Crippen LogP contribution in [0.4, 0.5) is 0 Å². The molecule has 0 aliphatic rings. The molecule has 2 atom stereocenters. The van der Waals surface area contributed by atoms with Gasteiger partial charge in [-0.1, -0.05) is 6.92 Å². The molecule has 0 spiro atoms. The van der Waals surface area contributed by atoms with Gasteiger partial charge in [-0.3, -0.25) is 10.1 Å². The van der Waals surface area contributed by atoms with Crippen molar-refractivity contribution in [3.63, 3.8) is 0 Å². The first-order valence-electron chi connectivity index (χ1n) is 10.5. The standard InChI is InChI=1S/C15H22N2O7.C7H9NO2/c1-5-9-24-13(12(17(20)21)15(19)23-6-2)16-8-7-10(3)11(16)14(18)22-4;1-5-3-4-8-6(5)7(9)10-2/h7-8,12-13H,5-6,9H2,1-4H3;3-4,8H,1-2H3. The Morgan fingerprint density at radius 1 is 1.09 bits per heavy atom. The molecule has 188 valence electrons. The zero-order valence-corrected chi connectivity index (χ0v) is 20.2. The zero-order chi connectivity index (χ0) is 25.8. The molecule has 2 rings (SSSR count). The van der Waals surface area contributed by atoms with E-state index in [0.29, 0.717) is 17.7 Å². The number of esters is 3. The topological polar surface area (TPSA) is 152 Å². The van der Waals surface area contributed by atoms with Gasteiger partial charge in [-0.15, -0.1) is 0 Å². The summed E-state index contributed by atoms with van der Waals surface area (Å²) in [5.41, 5.74) is 2.09. The maximum atomic E-state index is 12.0. The van der Waals surface area contributed by atoms with E-state index < -0.39 is 29.1 Å². The predicted octanol–water partition coefficient (Wildman–Crippen LogP) is 2.83. The molecule has 0 fully saturated rings. The van der Waals surface area contributed by atoms with Crippen LogP contribution < -0.4 is 0 Å². The first kappa shape index (κ1) is 28.4. The largest absolute Gasteiger partial charge is 0.464 e. The summed E-state index contributed by atoms with van der Waals surface area (Å²) in [6.07, 6.45) is 2.43. The number of carbonyl (C=O) groups excluding carboxylic acids is 3. The Morgan fingerprint density at radius 3 is 2.21 bits per heavy atom. The van der Waals surface area contributed by atoms with Crippen molar-refractivity contribution in [1.82, 2.24) is 9.55 Å². The number of ether oxygens (including phenoxy) is 4. The van der Waals surface area contributed by atoms with E-state index >= 15 is 0 Å². The van der Waals surface area contributed by atoms with E-state index in [2.05, 4.69) is 9.72 Å². The molecule has 0 aliphatic heterocycles. The molecule has 12 heteroatoms. The van der Waals surface area contributed by atoms with Gasteiger partial charge in [-0.2, -0.15) is 0 Å². The molecule has 0 saturated heterocycles. The van der Waals surface area contributed by atoms with Crippen molar-refractivity contribution < 1.29 is 38.3 Å². The van der Waals surface area contributed by atoms with E-state index in [4.69, 9.17) is 14.2 Å². The van der Waals surface area contributed by atoms with Gasteiger partial charge in [0, 0.05) is 23.9 Å². The highest BCUT2D eigenvalue weighted by Gasteiger charge is 2.43. The van der Waals surface area contributed by atoms with E-state index in [1.54, 1.807) is 26.1 Å². The Kier molecular flexibility index (Phi) is 11.5. The Bertz CT molecular complexity index is 980. The maximum Gasteiger partial charge on any atom is 0.386 e. The number of nitrogens with one attached hydrogen (secondary N) is 1. The highest BCUT2D eigenvalue weighted by atomic mass is 16.6. The van der Waals surface area contributed by atoms with Gasteiger partial charge in [0.2, 0.25) is 6.23 Å². The average Bonchev–Trinajstić information content (AvgIpc) is 3.41. The van der Waals surface area contributed by atoms with E-state index in [0.717, 1.165) is 5.56 Å². The van der Waals surface area contributed by atoms with Crippen molar-refractivity contribution in [1.29, 1.82) is 0 Å². The summed E-state index contributed by atoms with van der Waals surface area (Å²) in [6, 6.07) is 1.62. The van der Waals surface area contributed by atoms with Crippen LogP contribution in [0.1, 0.15) is 58.6 Å². The van der Waals surface area contributed by atoms with Gasteiger partial charge < -0.3 is 28.5 Å². The number of nitrogens with zero attached hydrogens (tertiary/aromatic N) is 2. The van der Waals surface area contributed by atoms with E-state index in [-0.39, 0.29) is 24.9 Å². The number of aromatic nitrogens is 2. The second-order valence-electron chi connectivity index (χ2n) is 7.02. The molecule has 2 unspecified atom stereocenters. The lowest BCUT2D eigenvalue weighted by Gasteiger charge is -2.23. The number of hydrogen-bond acceptors (Lipinski definition) is 9. The van der Waals surface area contributed by atoms with E-state index in [9.17, 15) is 24.5 Å². The molecule has 2 aromatic heterocycles. The van der Waals surface area contributed by atoms with Crippen molar-refractivity contribution in [2.45, 2.75) is 46.4 Å². The smallest absolute Gasteiger partial charge is 0.386 e. The van der Waals surface area contributed by atoms with Gasteiger partial charge in [0.25, 0.3) is 0 Å². The average molecular weight is 482 g/mol. The minimum absolute atomic E-state index is 0.00175. The maximum absolute atomic E-state index is 12.0. The second-order valence-corrected chi connectivity index (χ2v) is 7.02. The molecule has 1 N–H and O–H groups in total. The van der Waals surface area contributed by atoms with Crippen molar-refractivity contribution in [3.8, 4) is 0 Å². The lowest BCUT2D eigenvalue weighted by Crippen LogP contribution is -2.42. The normalized spacial score (nSPS) is 12.1. The Labute approximate surface area is 197 Å². The second kappa shape index (κ2) is 13.8. The molecule has 0 radical (unpaired) electrons. The Hall–Kier alpha value is -3.67. The van der Waals surface area contributed by atoms with Crippen molar-refractivity contribution in [3.05, 3.63) is 57.2 Å². The number of aromatic amines is 1. The van der Waals surface area contributed by atoms with E-state index in [1.165, 1.54) is 25.0 Å². The minimum atomic E-state index is -1.80. The third-order valence-electron chi connectivity index (χ3n) is 4.63. The minimum Gasteiger partial charge on any atom is -0.464 e. The molecule has 2 heterocycles. The van der Waals surface area contributed by atoms with E-state index in [1.807, 2.05) is 19.9 Å². The molecule has 0 bridgehead atoms. The summed E-state index contributed by atoms with van der Waals surface area (Å²) in [4.78, 5) is 48.3. The Morgan fingerprint density at radius 2 is 1.74 bits per heavy atom.